The zero-order chi connectivity index (χ0) is 19.9. The van der Waals surface area contributed by atoms with Gasteiger partial charge in [-0.15, -0.1) is 0 Å². The standard InChI is InChI=1S/C21H25Cl2N3O2/c1-16-2-5-18(14-20(16)23)24-21(27)15-26-10-8-25(9-11-26)12-13-28-19-6-3-17(22)4-7-19/h2-7,14H,8-13,15H2,1H3,(H,24,27). The Morgan fingerprint density at radius 3 is 2.39 bits per heavy atom. The van der Waals surface area contributed by atoms with Crippen LogP contribution < -0.4 is 10.1 Å². The monoisotopic (exact) mass is 421 g/mol. The molecule has 1 heterocycles. The summed E-state index contributed by atoms with van der Waals surface area (Å²) < 4.78 is 5.75. The van der Waals surface area contributed by atoms with Gasteiger partial charge < -0.3 is 10.1 Å². The van der Waals surface area contributed by atoms with Gasteiger partial charge in [-0.3, -0.25) is 14.6 Å². The van der Waals surface area contributed by atoms with Gasteiger partial charge in [0.1, 0.15) is 12.4 Å². The summed E-state index contributed by atoms with van der Waals surface area (Å²) in [5.41, 5.74) is 1.73. The van der Waals surface area contributed by atoms with Crippen LogP contribution in [-0.4, -0.2) is 61.6 Å². The number of benzene rings is 2. The summed E-state index contributed by atoms with van der Waals surface area (Å²) in [5.74, 6) is 0.815. The van der Waals surface area contributed by atoms with E-state index in [2.05, 4.69) is 15.1 Å². The van der Waals surface area contributed by atoms with E-state index in [4.69, 9.17) is 27.9 Å². The summed E-state index contributed by atoms with van der Waals surface area (Å²) in [6.45, 7) is 7.41. The molecule has 2 aromatic carbocycles. The maximum atomic E-state index is 12.3. The third-order valence-electron chi connectivity index (χ3n) is 4.78. The quantitative estimate of drug-likeness (QED) is 0.735. The Balaban J connectivity index is 1.34. The van der Waals surface area contributed by atoms with Crippen LogP contribution >= 0.6 is 23.2 Å². The highest BCUT2D eigenvalue weighted by Crippen LogP contribution is 2.20. The maximum absolute atomic E-state index is 12.3. The van der Waals surface area contributed by atoms with Crippen molar-refractivity contribution in [3.63, 3.8) is 0 Å². The first-order valence-corrected chi connectivity index (χ1v) is 10.1. The van der Waals surface area contributed by atoms with E-state index in [1.54, 1.807) is 6.07 Å². The van der Waals surface area contributed by atoms with Gasteiger partial charge in [0, 0.05) is 48.5 Å². The molecule has 150 valence electrons. The molecule has 0 bridgehead atoms. The minimum atomic E-state index is -0.0144. The number of hydrogen-bond donors (Lipinski definition) is 1. The molecule has 1 saturated heterocycles. The third kappa shape index (κ3) is 6.38. The lowest BCUT2D eigenvalue weighted by atomic mass is 10.2. The topological polar surface area (TPSA) is 44.8 Å². The molecule has 0 aromatic heterocycles. The second-order valence-corrected chi connectivity index (χ2v) is 7.78. The minimum absolute atomic E-state index is 0.0144. The van der Waals surface area contributed by atoms with E-state index in [9.17, 15) is 4.79 Å². The Kier molecular flexibility index (Phi) is 7.57. The Labute approximate surface area is 176 Å². The third-order valence-corrected chi connectivity index (χ3v) is 5.44. The number of carbonyl (C=O) groups is 1. The van der Waals surface area contributed by atoms with Crippen molar-refractivity contribution >= 4 is 34.8 Å². The van der Waals surface area contributed by atoms with Crippen molar-refractivity contribution < 1.29 is 9.53 Å². The van der Waals surface area contributed by atoms with E-state index in [1.165, 1.54) is 0 Å². The molecule has 5 nitrogen and oxygen atoms in total. The Bertz CT molecular complexity index is 791. The number of piperazine rings is 1. The molecule has 0 radical (unpaired) electrons. The number of nitrogens with one attached hydrogen (secondary N) is 1. The fraction of sp³-hybridized carbons (Fsp3) is 0.381. The number of rotatable bonds is 7. The lowest BCUT2D eigenvalue weighted by Gasteiger charge is -2.34. The van der Waals surface area contributed by atoms with Gasteiger partial charge in [0.25, 0.3) is 0 Å². The molecule has 0 aliphatic carbocycles. The van der Waals surface area contributed by atoms with E-state index in [0.29, 0.717) is 23.2 Å². The smallest absolute Gasteiger partial charge is 0.238 e. The molecule has 1 N–H and O–H groups in total. The van der Waals surface area contributed by atoms with Gasteiger partial charge in [-0.2, -0.15) is 0 Å². The normalized spacial score (nSPS) is 15.4. The van der Waals surface area contributed by atoms with Crippen LogP contribution in [0.2, 0.25) is 10.0 Å². The fourth-order valence-electron chi connectivity index (χ4n) is 3.07. The molecule has 28 heavy (non-hydrogen) atoms. The number of amides is 1. The second kappa shape index (κ2) is 10.1. The SMILES string of the molecule is Cc1ccc(NC(=O)CN2CCN(CCOc3ccc(Cl)cc3)CC2)cc1Cl. The van der Waals surface area contributed by atoms with E-state index in [-0.39, 0.29) is 5.91 Å². The predicted octanol–water partition coefficient (Wildman–Crippen LogP) is 3.94. The summed E-state index contributed by atoms with van der Waals surface area (Å²) in [4.78, 5) is 16.8. The summed E-state index contributed by atoms with van der Waals surface area (Å²) in [7, 11) is 0. The molecule has 1 aliphatic heterocycles. The molecule has 1 fully saturated rings. The average molecular weight is 422 g/mol. The van der Waals surface area contributed by atoms with Gasteiger partial charge in [-0.1, -0.05) is 29.3 Å². The average Bonchev–Trinajstić information content (AvgIpc) is 2.68. The van der Waals surface area contributed by atoms with E-state index >= 15 is 0 Å². The highest BCUT2D eigenvalue weighted by molar-refractivity contribution is 6.31. The van der Waals surface area contributed by atoms with Crippen molar-refractivity contribution in [2.24, 2.45) is 0 Å². The lowest BCUT2D eigenvalue weighted by molar-refractivity contribution is -0.117. The number of nitrogens with zero attached hydrogens (tertiary/aromatic N) is 2. The maximum Gasteiger partial charge on any atom is 0.238 e. The first-order chi connectivity index (χ1) is 13.5. The Hall–Kier alpha value is -1.79. The van der Waals surface area contributed by atoms with Crippen molar-refractivity contribution in [1.82, 2.24) is 9.80 Å². The van der Waals surface area contributed by atoms with Crippen molar-refractivity contribution in [3.8, 4) is 5.75 Å². The molecule has 0 unspecified atom stereocenters. The van der Waals surface area contributed by atoms with Crippen LogP contribution in [0.25, 0.3) is 0 Å². The summed E-state index contributed by atoms with van der Waals surface area (Å²) in [5, 5.41) is 4.28. The zero-order valence-corrected chi connectivity index (χ0v) is 17.5. The van der Waals surface area contributed by atoms with Gasteiger partial charge in [-0.05, 0) is 48.9 Å². The Morgan fingerprint density at radius 1 is 1.04 bits per heavy atom. The molecule has 7 heteroatoms. The number of carbonyl (C=O) groups excluding carboxylic acids is 1. The van der Waals surface area contributed by atoms with Crippen LogP contribution in [0.4, 0.5) is 5.69 Å². The molecule has 0 atom stereocenters. The van der Waals surface area contributed by atoms with Crippen LogP contribution in [-0.2, 0) is 4.79 Å². The number of ether oxygens (including phenoxy) is 1. The summed E-state index contributed by atoms with van der Waals surface area (Å²) in [6.07, 6.45) is 0. The van der Waals surface area contributed by atoms with Gasteiger partial charge in [0.05, 0.1) is 6.54 Å². The molecule has 2 aromatic rings. The van der Waals surface area contributed by atoms with E-state index in [1.807, 2.05) is 43.3 Å². The van der Waals surface area contributed by atoms with Crippen molar-refractivity contribution in [2.45, 2.75) is 6.92 Å². The fourth-order valence-corrected chi connectivity index (χ4v) is 3.38. The van der Waals surface area contributed by atoms with Crippen LogP contribution in [0, 0.1) is 6.92 Å². The van der Waals surface area contributed by atoms with Crippen LogP contribution in [0.15, 0.2) is 42.5 Å². The molecule has 1 amide bonds. The molecule has 0 spiro atoms. The van der Waals surface area contributed by atoms with E-state index < -0.39 is 0 Å². The van der Waals surface area contributed by atoms with Gasteiger partial charge in [0.15, 0.2) is 0 Å². The van der Waals surface area contributed by atoms with Crippen molar-refractivity contribution in [3.05, 3.63) is 58.1 Å². The molecule has 3 rings (SSSR count). The zero-order valence-electron chi connectivity index (χ0n) is 16.0. The number of hydrogen-bond acceptors (Lipinski definition) is 4. The van der Waals surface area contributed by atoms with Crippen LogP contribution in [0.5, 0.6) is 5.75 Å². The minimum Gasteiger partial charge on any atom is -0.492 e. The first kappa shape index (κ1) is 20.9. The molecular weight excluding hydrogens is 397 g/mol. The highest BCUT2D eigenvalue weighted by Gasteiger charge is 2.19. The second-order valence-electron chi connectivity index (χ2n) is 6.93. The predicted molar refractivity (Wildman–Crippen MR) is 115 cm³/mol. The highest BCUT2D eigenvalue weighted by atomic mass is 35.5. The first-order valence-electron chi connectivity index (χ1n) is 9.39. The Morgan fingerprint density at radius 2 is 1.71 bits per heavy atom. The number of aryl methyl sites for hydroxylation is 1. The number of halogens is 2. The number of anilines is 1. The van der Waals surface area contributed by atoms with Gasteiger partial charge in [0.2, 0.25) is 5.91 Å². The van der Waals surface area contributed by atoms with Crippen LogP contribution in [0.3, 0.4) is 0 Å². The largest absolute Gasteiger partial charge is 0.492 e. The van der Waals surface area contributed by atoms with Gasteiger partial charge >= 0.3 is 0 Å². The molecule has 0 saturated carbocycles. The lowest BCUT2D eigenvalue weighted by Crippen LogP contribution is -2.49. The van der Waals surface area contributed by atoms with Crippen molar-refractivity contribution in [2.75, 3.05) is 51.2 Å². The van der Waals surface area contributed by atoms with Crippen molar-refractivity contribution in [1.29, 1.82) is 0 Å². The van der Waals surface area contributed by atoms with Crippen LogP contribution in [0.1, 0.15) is 5.56 Å². The molecular formula is C21H25Cl2N3O2. The summed E-state index contributed by atoms with van der Waals surface area (Å²) in [6, 6.07) is 13.0. The summed E-state index contributed by atoms with van der Waals surface area (Å²) >= 11 is 12.0. The van der Waals surface area contributed by atoms with Gasteiger partial charge in [-0.25, -0.2) is 0 Å². The van der Waals surface area contributed by atoms with E-state index in [0.717, 1.165) is 49.7 Å². The molecule has 1 aliphatic rings.